The van der Waals surface area contributed by atoms with E-state index < -0.39 is 11.7 Å². The highest BCUT2D eigenvalue weighted by Crippen LogP contribution is 2.23. The van der Waals surface area contributed by atoms with Crippen molar-refractivity contribution in [2.75, 3.05) is 19.6 Å². The molecule has 2 aliphatic heterocycles. The maximum atomic E-state index is 12.0. The molecule has 0 radical (unpaired) electrons. The van der Waals surface area contributed by atoms with Gasteiger partial charge in [-0.1, -0.05) is 13.8 Å². The molecule has 2 fully saturated rings. The molecule has 6 heteroatoms. The average Bonchev–Trinajstić information content (AvgIpc) is 2.50. The van der Waals surface area contributed by atoms with Gasteiger partial charge >= 0.3 is 6.09 Å². The number of carbonyl (C=O) groups is 2. The van der Waals surface area contributed by atoms with Crippen LogP contribution in [0.5, 0.6) is 0 Å². The highest BCUT2D eigenvalue weighted by atomic mass is 16.6. The molecule has 0 saturated carbocycles. The van der Waals surface area contributed by atoms with E-state index in [0.29, 0.717) is 26.1 Å². The van der Waals surface area contributed by atoms with E-state index in [1.807, 2.05) is 34.6 Å². The van der Waals surface area contributed by atoms with Gasteiger partial charge in [0.25, 0.3) is 5.91 Å². The first-order valence-corrected chi connectivity index (χ1v) is 8.74. The lowest BCUT2D eigenvalue weighted by molar-refractivity contribution is -0.147. The number of carbonyl (C=O) groups excluding carboxylic acids is 2. The molecule has 0 aliphatic carbocycles. The number of piperidine rings is 2. The summed E-state index contributed by atoms with van der Waals surface area (Å²) in [7, 11) is 0. The highest BCUT2D eigenvalue weighted by molar-refractivity contribution is 5.81. The molecule has 2 amide bonds. The summed E-state index contributed by atoms with van der Waals surface area (Å²) in [6.07, 6.45) is 1.77. The van der Waals surface area contributed by atoms with Crippen molar-refractivity contribution in [1.29, 1.82) is 0 Å². The van der Waals surface area contributed by atoms with Crippen molar-refractivity contribution in [3.63, 3.8) is 0 Å². The van der Waals surface area contributed by atoms with Crippen molar-refractivity contribution < 1.29 is 19.4 Å². The first-order valence-electron chi connectivity index (χ1n) is 8.74. The number of ether oxygens (including phenoxy) is 1. The number of rotatable bonds is 1. The third-order valence-corrected chi connectivity index (χ3v) is 4.00. The monoisotopic (exact) mass is 328 g/mol. The van der Waals surface area contributed by atoms with Crippen LogP contribution in [0.3, 0.4) is 0 Å². The number of hydrogen-bond donors (Lipinski definition) is 1. The van der Waals surface area contributed by atoms with Gasteiger partial charge in [-0.2, -0.15) is 0 Å². The van der Waals surface area contributed by atoms with E-state index >= 15 is 0 Å². The van der Waals surface area contributed by atoms with Gasteiger partial charge < -0.3 is 19.6 Å². The summed E-state index contributed by atoms with van der Waals surface area (Å²) in [5, 5.41) is 9.67. The summed E-state index contributed by atoms with van der Waals surface area (Å²) in [6.45, 7) is 11.5. The van der Waals surface area contributed by atoms with E-state index in [1.54, 1.807) is 9.80 Å². The third kappa shape index (κ3) is 5.68. The first kappa shape index (κ1) is 19.7. The zero-order valence-electron chi connectivity index (χ0n) is 15.2. The maximum absolute atomic E-state index is 12.0. The summed E-state index contributed by atoms with van der Waals surface area (Å²) in [6, 6.07) is 0.131. The molecule has 0 spiro atoms. The molecular weight excluding hydrogens is 296 g/mol. The van der Waals surface area contributed by atoms with Crippen molar-refractivity contribution in [2.45, 2.75) is 78.0 Å². The summed E-state index contributed by atoms with van der Waals surface area (Å²) >= 11 is 0. The molecule has 0 aromatic carbocycles. The topological polar surface area (TPSA) is 70.1 Å². The zero-order chi connectivity index (χ0) is 17.6. The highest BCUT2D eigenvalue weighted by Gasteiger charge is 2.35. The van der Waals surface area contributed by atoms with Gasteiger partial charge in [0.05, 0.1) is 0 Å². The molecule has 0 aromatic heterocycles. The SMILES string of the molecule is CC.CC(C)(C)OC(=O)N1CCC(N2CCCC(O)C2=O)CC1. The number of aliphatic hydroxyl groups is 1. The van der Waals surface area contributed by atoms with Crippen LogP contribution in [0, 0.1) is 0 Å². The summed E-state index contributed by atoms with van der Waals surface area (Å²) in [5.74, 6) is -0.156. The number of likely N-dealkylation sites (tertiary alicyclic amines) is 2. The molecule has 0 bridgehead atoms. The van der Waals surface area contributed by atoms with Crippen LogP contribution in [0.15, 0.2) is 0 Å². The number of amides is 2. The predicted molar refractivity (Wildman–Crippen MR) is 89.1 cm³/mol. The molecule has 134 valence electrons. The van der Waals surface area contributed by atoms with Crippen LogP contribution in [0.4, 0.5) is 4.79 Å². The first-order chi connectivity index (χ1) is 10.8. The summed E-state index contributed by atoms with van der Waals surface area (Å²) < 4.78 is 5.36. The standard InChI is InChI=1S/C15H26N2O4.C2H6/c1-15(2,3)21-14(20)16-9-6-11(7-10-16)17-8-4-5-12(18)13(17)19;1-2/h11-12,18H,4-10H2,1-3H3;1-2H3. The summed E-state index contributed by atoms with van der Waals surface area (Å²) in [5.41, 5.74) is -0.485. The van der Waals surface area contributed by atoms with Gasteiger partial charge in [-0.05, 0) is 46.5 Å². The van der Waals surface area contributed by atoms with E-state index in [9.17, 15) is 14.7 Å². The second kappa shape index (κ2) is 8.52. The molecule has 23 heavy (non-hydrogen) atoms. The molecule has 1 N–H and O–H groups in total. The maximum Gasteiger partial charge on any atom is 0.410 e. The molecular formula is C17H32N2O4. The minimum absolute atomic E-state index is 0.131. The molecule has 2 aliphatic rings. The third-order valence-electron chi connectivity index (χ3n) is 4.00. The van der Waals surface area contributed by atoms with Crippen molar-refractivity contribution in [3.8, 4) is 0 Å². The zero-order valence-corrected chi connectivity index (χ0v) is 15.2. The molecule has 1 unspecified atom stereocenters. The lowest BCUT2D eigenvalue weighted by atomic mass is 9.98. The quantitative estimate of drug-likeness (QED) is 0.802. The Bertz CT molecular complexity index is 398. The molecule has 0 aromatic rings. The fourth-order valence-corrected chi connectivity index (χ4v) is 2.93. The molecule has 2 rings (SSSR count). The molecule has 1 atom stereocenters. The van der Waals surface area contributed by atoms with Crippen molar-refractivity contribution >= 4 is 12.0 Å². The second-order valence-corrected chi connectivity index (χ2v) is 6.89. The van der Waals surface area contributed by atoms with Gasteiger partial charge in [-0.3, -0.25) is 4.79 Å². The average molecular weight is 328 g/mol. The van der Waals surface area contributed by atoms with E-state index in [2.05, 4.69) is 0 Å². The Kier molecular flexibility index (Phi) is 7.32. The van der Waals surface area contributed by atoms with Crippen molar-refractivity contribution in [3.05, 3.63) is 0 Å². The van der Waals surface area contributed by atoms with Crippen LogP contribution < -0.4 is 0 Å². The fraction of sp³-hybridized carbons (Fsp3) is 0.882. The van der Waals surface area contributed by atoms with Gasteiger partial charge in [0.1, 0.15) is 11.7 Å². The van der Waals surface area contributed by atoms with Gasteiger partial charge in [0, 0.05) is 25.7 Å². The number of hydrogen-bond acceptors (Lipinski definition) is 4. The Morgan fingerprint density at radius 1 is 1.13 bits per heavy atom. The van der Waals surface area contributed by atoms with Gasteiger partial charge in [0.15, 0.2) is 0 Å². The van der Waals surface area contributed by atoms with E-state index in [0.717, 1.165) is 19.3 Å². The Hall–Kier alpha value is -1.30. The van der Waals surface area contributed by atoms with Gasteiger partial charge in [-0.15, -0.1) is 0 Å². The number of aliphatic hydroxyl groups excluding tert-OH is 1. The molecule has 2 heterocycles. The molecule has 6 nitrogen and oxygen atoms in total. The van der Waals surface area contributed by atoms with Crippen molar-refractivity contribution in [2.24, 2.45) is 0 Å². The lowest BCUT2D eigenvalue weighted by Gasteiger charge is -2.41. The van der Waals surface area contributed by atoms with Crippen LogP contribution in [0.25, 0.3) is 0 Å². The lowest BCUT2D eigenvalue weighted by Crippen LogP contribution is -2.54. The Morgan fingerprint density at radius 2 is 1.70 bits per heavy atom. The predicted octanol–water partition coefficient (Wildman–Crippen LogP) is 2.40. The normalized spacial score (nSPS) is 23.2. The van der Waals surface area contributed by atoms with Gasteiger partial charge in [-0.25, -0.2) is 4.79 Å². The molecule has 2 saturated heterocycles. The van der Waals surface area contributed by atoms with Crippen LogP contribution >= 0.6 is 0 Å². The van der Waals surface area contributed by atoms with Crippen molar-refractivity contribution in [1.82, 2.24) is 9.80 Å². The van der Waals surface area contributed by atoms with Crippen LogP contribution in [-0.4, -0.2) is 64.3 Å². The minimum atomic E-state index is -0.845. The fourth-order valence-electron chi connectivity index (χ4n) is 2.93. The Labute approximate surface area is 139 Å². The van der Waals surface area contributed by atoms with Gasteiger partial charge in [0.2, 0.25) is 0 Å². The largest absolute Gasteiger partial charge is 0.444 e. The second-order valence-electron chi connectivity index (χ2n) is 6.89. The van der Waals surface area contributed by atoms with Crippen LogP contribution in [0.2, 0.25) is 0 Å². The van der Waals surface area contributed by atoms with E-state index in [4.69, 9.17) is 4.74 Å². The Morgan fingerprint density at radius 3 is 2.22 bits per heavy atom. The van der Waals surface area contributed by atoms with Crippen LogP contribution in [0.1, 0.15) is 60.3 Å². The minimum Gasteiger partial charge on any atom is -0.444 e. The summed E-state index contributed by atoms with van der Waals surface area (Å²) in [4.78, 5) is 27.5. The number of nitrogens with zero attached hydrogens (tertiary/aromatic N) is 2. The van der Waals surface area contributed by atoms with E-state index in [-0.39, 0.29) is 18.0 Å². The van der Waals surface area contributed by atoms with E-state index in [1.165, 1.54) is 0 Å². The van der Waals surface area contributed by atoms with Crippen LogP contribution in [-0.2, 0) is 9.53 Å². The smallest absolute Gasteiger partial charge is 0.410 e. The Balaban J connectivity index is 0.00000127.